The predicted molar refractivity (Wildman–Crippen MR) is 92.1 cm³/mol. The molecule has 1 unspecified atom stereocenters. The Morgan fingerprint density at radius 3 is 2.79 bits per heavy atom. The first-order valence-electron chi connectivity index (χ1n) is 8.50. The van der Waals surface area contributed by atoms with Crippen LogP contribution in [0.25, 0.3) is 0 Å². The maximum Gasteiger partial charge on any atom is 0.315 e. The van der Waals surface area contributed by atoms with E-state index in [1.165, 1.54) is 0 Å². The van der Waals surface area contributed by atoms with Crippen LogP contribution in [-0.4, -0.2) is 60.9 Å². The van der Waals surface area contributed by atoms with Gasteiger partial charge >= 0.3 is 6.03 Å². The Bertz CT molecular complexity index is 518. The zero-order chi connectivity index (χ0) is 17.4. The van der Waals surface area contributed by atoms with E-state index in [2.05, 4.69) is 27.4 Å². The van der Waals surface area contributed by atoms with E-state index in [0.29, 0.717) is 19.0 Å². The van der Waals surface area contributed by atoms with Crippen molar-refractivity contribution in [3.8, 4) is 5.88 Å². The first-order valence-corrected chi connectivity index (χ1v) is 8.50. The third kappa shape index (κ3) is 5.98. The molecule has 0 bridgehead atoms. The van der Waals surface area contributed by atoms with Gasteiger partial charge in [0.2, 0.25) is 5.88 Å². The fourth-order valence-electron chi connectivity index (χ4n) is 2.51. The monoisotopic (exact) mass is 336 g/mol. The van der Waals surface area contributed by atoms with Crippen LogP contribution in [0.1, 0.15) is 26.3 Å². The van der Waals surface area contributed by atoms with Crippen molar-refractivity contribution in [3.63, 3.8) is 0 Å². The predicted octanol–water partition coefficient (Wildman–Crippen LogP) is 1.39. The Morgan fingerprint density at radius 1 is 1.33 bits per heavy atom. The van der Waals surface area contributed by atoms with E-state index in [1.54, 1.807) is 6.20 Å². The van der Waals surface area contributed by atoms with Crippen LogP contribution in [0.3, 0.4) is 0 Å². The quantitative estimate of drug-likeness (QED) is 0.787. The van der Waals surface area contributed by atoms with Crippen molar-refractivity contribution in [3.05, 3.63) is 23.9 Å². The van der Waals surface area contributed by atoms with Gasteiger partial charge in [-0.05, 0) is 26.8 Å². The van der Waals surface area contributed by atoms with Crippen LogP contribution in [0.5, 0.6) is 5.88 Å². The molecule has 2 rings (SSSR count). The molecule has 2 amide bonds. The molecule has 0 spiro atoms. The molecule has 1 aromatic heterocycles. The molecule has 0 aliphatic carbocycles. The molecule has 1 aliphatic heterocycles. The number of nitrogens with one attached hydrogen (secondary N) is 2. The van der Waals surface area contributed by atoms with E-state index in [1.807, 2.05) is 26.0 Å². The molecule has 24 heavy (non-hydrogen) atoms. The smallest absolute Gasteiger partial charge is 0.315 e. The van der Waals surface area contributed by atoms with Crippen LogP contribution in [0, 0.1) is 0 Å². The van der Waals surface area contributed by atoms with Gasteiger partial charge in [0.1, 0.15) is 0 Å². The maximum absolute atomic E-state index is 12.0. The molecule has 134 valence electrons. The van der Waals surface area contributed by atoms with Gasteiger partial charge in [-0.15, -0.1) is 0 Å². The van der Waals surface area contributed by atoms with Gasteiger partial charge in [-0.3, -0.25) is 4.90 Å². The number of nitrogens with zero attached hydrogens (tertiary/aromatic N) is 2. The largest absolute Gasteiger partial charge is 0.475 e. The maximum atomic E-state index is 12.0. The minimum absolute atomic E-state index is 0.0434. The summed E-state index contributed by atoms with van der Waals surface area (Å²) < 4.78 is 11.0. The number of carbonyl (C=O) groups excluding carboxylic acids is 1. The van der Waals surface area contributed by atoms with E-state index >= 15 is 0 Å². The summed E-state index contributed by atoms with van der Waals surface area (Å²) in [6, 6.07) is 3.84. The number of urea groups is 1. The van der Waals surface area contributed by atoms with Crippen molar-refractivity contribution < 1.29 is 14.3 Å². The van der Waals surface area contributed by atoms with Gasteiger partial charge in [-0.1, -0.05) is 6.07 Å². The Hall–Kier alpha value is -1.86. The molecule has 1 aliphatic rings. The summed E-state index contributed by atoms with van der Waals surface area (Å²) in [6.07, 6.45) is 1.73. The van der Waals surface area contributed by atoms with E-state index in [4.69, 9.17) is 9.47 Å². The number of hydrogen-bond acceptors (Lipinski definition) is 5. The van der Waals surface area contributed by atoms with Gasteiger partial charge in [-0.2, -0.15) is 0 Å². The number of rotatable bonds is 7. The van der Waals surface area contributed by atoms with Crippen molar-refractivity contribution in [1.29, 1.82) is 0 Å². The molecule has 1 saturated heterocycles. The average Bonchev–Trinajstić information content (AvgIpc) is 2.59. The van der Waals surface area contributed by atoms with E-state index in [-0.39, 0.29) is 18.2 Å². The number of pyridine rings is 1. The van der Waals surface area contributed by atoms with Crippen LogP contribution >= 0.6 is 0 Å². The molecule has 1 atom stereocenters. The minimum Gasteiger partial charge on any atom is -0.475 e. The van der Waals surface area contributed by atoms with Crippen molar-refractivity contribution in [1.82, 2.24) is 20.5 Å². The molecule has 7 nitrogen and oxygen atoms in total. The highest BCUT2D eigenvalue weighted by Crippen LogP contribution is 2.15. The van der Waals surface area contributed by atoms with Crippen LogP contribution in [-0.2, 0) is 11.3 Å². The molecule has 7 heteroatoms. The number of ether oxygens (including phenoxy) is 2. The molecule has 1 fully saturated rings. The summed E-state index contributed by atoms with van der Waals surface area (Å²) >= 11 is 0. The molecule has 0 aromatic carbocycles. The van der Waals surface area contributed by atoms with Crippen molar-refractivity contribution in [2.75, 3.05) is 32.8 Å². The number of morpholine rings is 1. The summed E-state index contributed by atoms with van der Waals surface area (Å²) in [7, 11) is 0. The topological polar surface area (TPSA) is 75.7 Å². The van der Waals surface area contributed by atoms with Crippen LogP contribution < -0.4 is 15.4 Å². The second-order valence-corrected chi connectivity index (χ2v) is 6.20. The number of amides is 2. The van der Waals surface area contributed by atoms with E-state index < -0.39 is 0 Å². The second kappa shape index (κ2) is 9.44. The van der Waals surface area contributed by atoms with Gasteiger partial charge in [0.05, 0.1) is 19.3 Å². The zero-order valence-corrected chi connectivity index (χ0v) is 14.7. The minimum atomic E-state index is -0.186. The molecule has 2 heterocycles. The Morgan fingerprint density at radius 2 is 2.08 bits per heavy atom. The fraction of sp³-hybridized carbons (Fsp3) is 0.647. The standard InChI is InChI=1S/C17H28N4O3/c1-13(2)24-16-15(5-4-6-18-16)12-20-17(22)19-11-14(3)21-7-9-23-10-8-21/h4-6,13-14H,7-12H2,1-3H3,(H2,19,20,22). The highest BCUT2D eigenvalue weighted by atomic mass is 16.5. The molecule has 0 radical (unpaired) electrons. The van der Waals surface area contributed by atoms with Crippen molar-refractivity contribution in [2.45, 2.75) is 39.5 Å². The normalized spacial score (nSPS) is 16.7. The van der Waals surface area contributed by atoms with Crippen LogP contribution in [0.2, 0.25) is 0 Å². The second-order valence-electron chi connectivity index (χ2n) is 6.20. The molecular formula is C17H28N4O3. The average molecular weight is 336 g/mol. The first kappa shape index (κ1) is 18.5. The summed E-state index contributed by atoms with van der Waals surface area (Å²) in [4.78, 5) is 18.5. The molecule has 2 N–H and O–H groups in total. The van der Waals surface area contributed by atoms with Crippen LogP contribution in [0.4, 0.5) is 4.79 Å². The van der Waals surface area contributed by atoms with Gasteiger partial charge < -0.3 is 20.1 Å². The van der Waals surface area contributed by atoms with Gasteiger partial charge in [-0.25, -0.2) is 9.78 Å². The summed E-state index contributed by atoms with van der Waals surface area (Å²) in [5, 5.41) is 5.77. The van der Waals surface area contributed by atoms with Gasteiger partial charge in [0.15, 0.2) is 0 Å². The van der Waals surface area contributed by atoms with Crippen molar-refractivity contribution >= 4 is 6.03 Å². The van der Waals surface area contributed by atoms with E-state index in [0.717, 1.165) is 31.9 Å². The lowest BCUT2D eigenvalue weighted by Crippen LogP contribution is -2.48. The van der Waals surface area contributed by atoms with Crippen LogP contribution in [0.15, 0.2) is 18.3 Å². The van der Waals surface area contributed by atoms with Gasteiger partial charge in [0, 0.05) is 44.0 Å². The highest BCUT2D eigenvalue weighted by Gasteiger charge is 2.17. The Kier molecular flexibility index (Phi) is 7.27. The number of hydrogen-bond donors (Lipinski definition) is 2. The molecule has 0 saturated carbocycles. The molecular weight excluding hydrogens is 308 g/mol. The number of aromatic nitrogens is 1. The zero-order valence-electron chi connectivity index (χ0n) is 14.7. The summed E-state index contributed by atoms with van der Waals surface area (Å²) in [6.45, 7) is 10.3. The third-order valence-electron chi connectivity index (χ3n) is 3.86. The van der Waals surface area contributed by atoms with E-state index in [9.17, 15) is 4.79 Å². The van der Waals surface area contributed by atoms with Gasteiger partial charge in [0.25, 0.3) is 0 Å². The van der Waals surface area contributed by atoms with Crippen molar-refractivity contribution in [2.24, 2.45) is 0 Å². The third-order valence-corrected chi connectivity index (χ3v) is 3.86. The Labute approximate surface area is 143 Å². The summed E-state index contributed by atoms with van der Waals surface area (Å²) in [5.41, 5.74) is 0.863. The fourth-order valence-corrected chi connectivity index (χ4v) is 2.51. The lowest BCUT2D eigenvalue weighted by molar-refractivity contribution is 0.0209. The number of carbonyl (C=O) groups is 1. The highest BCUT2D eigenvalue weighted by molar-refractivity contribution is 5.73. The molecule has 1 aromatic rings. The first-order chi connectivity index (χ1) is 11.6. The lowest BCUT2D eigenvalue weighted by Gasteiger charge is -2.32. The lowest BCUT2D eigenvalue weighted by atomic mass is 10.2. The summed E-state index contributed by atoms with van der Waals surface area (Å²) in [5.74, 6) is 0.564. The SMILES string of the molecule is CC(C)Oc1ncccc1CNC(=O)NCC(C)N1CCOCC1. The Balaban J connectivity index is 1.75.